The second-order valence-corrected chi connectivity index (χ2v) is 18.7. The molecule has 0 saturated heterocycles. The van der Waals surface area contributed by atoms with Crippen molar-refractivity contribution in [1.29, 1.82) is 0 Å². The number of esters is 4. The molecule has 0 spiro atoms. The van der Waals surface area contributed by atoms with Crippen molar-refractivity contribution in [2.24, 2.45) is 0 Å². The highest BCUT2D eigenvalue weighted by Gasteiger charge is 2.30. The number of carbonyl (C=O) groups excluding carboxylic acids is 4. The van der Waals surface area contributed by atoms with Gasteiger partial charge in [0.1, 0.15) is 19.3 Å². The third-order valence-electron chi connectivity index (χ3n) is 9.65. The maximum atomic E-state index is 12.7. The molecule has 0 aromatic heterocycles. The summed E-state index contributed by atoms with van der Waals surface area (Å²) in [4.78, 5) is 69.1. The predicted molar refractivity (Wildman–Crippen MR) is 234 cm³/mol. The summed E-state index contributed by atoms with van der Waals surface area (Å²) in [6, 6.07) is 0. The molecule has 366 valence electrons. The average molecular weight is 933 g/mol. The summed E-state index contributed by atoms with van der Waals surface area (Å²) < 4.78 is 65.4. The summed E-state index contributed by atoms with van der Waals surface area (Å²) in [7, 11) is -9.78. The van der Waals surface area contributed by atoms with Gasteiger partial charge in [0, 0.05) is 26.2 Å². The van der Waals surface area contributed by atoms with Crippen LogP contribution in [0, 0.1) is 0 Å². The van der Waals surface area contributed by atoms with Crippen LogP contribution in [-0.4, -0.2) is 96.7 Å². The van der Waals surface area contributed by atoms with Gasteiger partial charge in [-0.1, -0.05) is 149 Å². The molecule has 0 fully saturated rings. The Labute approximate surface area is 371 Å². The summed E-state index contributed by atoms with van der Waals surface area (Å²) >= 11 is 0. The molecular weight excluding hydrogens is 850 g/mol. The van der Waals surface area contributed by atoms with Gasteiger partial charge in [-0.2, -0.15) is 0 Å². The highest BCUT2D eigenvalue weighted by Crippen LogP contribution is 2.45. The molecule has 0 rings (SSSR count). The summed E-state index contributed by atoms with van der Waals surface area (Å²) in [5.74, 6) is -2.37. The molecule has 0 aromatic carbocycles. The summed E-state index contributed by atoms with van der Waals surface area (Å²) in [6.07, 6.45) is 20.2. The largest absolute Gasteiger partial charge is 0.472 e. The molecule has 0 heterocycles. The first kappa shape index (κ1) is 60.1. The van der Waals surface area contributed by atoms with Crippen molar-refractivity contribution in [2.45, 2.75) is 213 Å². The zero-order valence-electron chi connectivity index (χ0n) is 38.3. The van der Waals surface area contributed by atoms with Crippen LogP contribution in [0.4, 0.5) is 0 Å². The fourth-order valence-corrected chi connectivity index (χ4v) is 7.68. The molecule has 17 nitrogen and oxygen atoms in total. The minimum absolute atomic E-state index is 0.103. The third-order valence-corrected chi connectivity index (χ3v) is 11.6. The van der Waals surface area contributed by atoms with Gasteiger partial charge in [0.2, 0.25) is 0 Å². The molecule has 3 N–H and O–H groups in total. The maximum absolute atomic E-state index is 12.7. The molecule has 0 aliphatic carbocycles. The Kier molecular flexibility index (Phi) is 38.2. The van der Waals surface area contributed by atoms with Crippen molar-refractivity contribution in [2.75, 3.05) is 39.6 Å². The van der Waals surface area contributed by atoms with Crippen molar-refractivity contribution >= 4 is 39.5 Å². The molecule has 62 heavy (non-hydrogen) atoms. The Balaban J connectivity index is 4.90. The first-order valence-corrected chi connectivity index (χ1v) is 26.2. The van der Waals surface area contributed by atoms with E-state index in [2.05, 4.69) is 20.8 Å². The molecular formula is C43H82O17P2. The summed E-state index contributed by atoms with van der Waals surface area (Å²) in [5, 5.41) is 10.2. The van der Waals surface area contributed by atoms with E-state index in [-0.39, 0.29) is 19.3 Å². The molecule has 5 atom stereocenters. The Morgan fingerprint density at radius 2 is 0.710 bits per heavy atom. The Morgan fingerprint density at radius 1 is 0.419 bits per heavy atom. The standard InChI is InChI=1S/C43H82O17P2/c1-5-8-11-14-16-17-18-19-21-23-26-29-42(47)54-34-40(60-43(48)30-27-24-20-15-12-9-6-2)36-58-62(51,52)56-32-38(45)31-55-61(49,50)57-35-39(59-37(4)44)33-53-41(46)28-25-22-13-10-7-3/h38-40,45H,5-36H2,1-4H3,(H,49,50)(H,51,52)/t38-,39+,40+/m0/s1. The van der Waals surface area contributed by atoms with E-state index in [9.17, 15) is 43.2 Å². The number of ether oxygens (including phenoxy) is 4. The first-order chi connectivity index (χ1) is 29.6. The predicted octanol–water partition coefficient (Wildman–Crippen LogP) is 9.75. The number of carbonyl (C=O) groups is 4. The van der Waals surface area contributed by atoms with Gasteiger partial charge in [0.25, 0.3) is 0 Å². The zero-order valence-corrected chi connectivity index (χ0v) is 40.1. The van der Waals surface area contributed by atoms with Gasteiger partial charge in [-0.25, -0.2) is 9.13 Å². The molecule has 19 heteroatoms. The van der Waals surface area contributed by atoms with Crippen LogP contribution in [0.1, 0.15) is 195 Å². The molecule has 0 aromatic rings. The van der Waals surface area contributed by atoms with Gasteiger partial charge in [0.15, 0.2) is 12.2 Å². The van der Waals surface area contributed by atoms with Crippen LogP contribution in [0.15, 0.2) is 0 Å². The number of aliphatic hydroxyl groups excluding tert-OH is 1. The number of phosphoric acid groups is 2. The fraction of sp³-hybridized carbons (Fsp3) is 0.907. The molecule has 0 aliphatic rings. The number of phosphoric ester groups is 2. The Morgan fingerprint density at radius 3 is 1.05 bits per heavy atom. The number of rotatable bonds is 44. The van der Waals surface area contributed by atoms with Gasteiger partial charge in [0.05, 0.1) is 26.4 Å². The molecule has 0 radical (unpaired) electrons. The second-order valence-electron chi connectivity index (χ2n) is 15.8. The van der Waals surface area contributed by atoms with Crippen molar-refractivity contribution < 1.29 is 80.2 Å². The van der Waals surface area contributed by atoms with Crippen LogP contribution < -0.4 is 0 Å². The van der Waals surface area contributed by atoms with Crippen molar-refractivity contribution in [3.8, 4) is 0 Å². The fourth-order valence-electron chi connectivity index (χ4n) is 6.10. The lowest BCUT2D eigenvalue weighted by atomic mass is 10.1. The SMILES string of the molecule is CCCCCCCCCCCCCC(=O)OC[C@H](COP(=O)(O)OC[C@@H](O)COP(=O)(O)OC[C@@H](COC(=O)CCCCCCC)OC(C)=O)OC(=O)CCCCCCCCC. The van der Waals surface area contributed by atoms with Gasteiger partial charge >= 0.3 is 39.5 Å². The normalized spacial score (nSPS) is 14.9. The molecule has 2 unspecified atom stereocenters. The van der Waals surface area contributed by atoms with Crippen LogP contribution >= 0.6 is 15.6 Å². The van der Waals surface area contributed by atoms with Gasteiger partial charge in [-0.3, -0.25) is 37.3 Å². The van der Waals surface area contributed by atoms with Crippen molar-refractivity contribution in [3.63, 3.8) is 0 Å². The van der Waals surface area contributed by atoms with Crippen LogP contribution in [-0.2, 0) is 65.4 Å². The smallest absolute Gasteiger partial charge is 0.462 e. The molecule has 0 saturated carbocycles. The van der Waals surface area contributed by atoms with Crippen LogP contribution in [0.3, 0.4) is 0 Å². The number of hydrogen-bond donors (Lipinski definition) is 3. The van der Waals surface area contributed by atoms with E-state index in [1.165, 1.54) is 44.9 Å². The van der Waals surface area contributed by atoms with Crippen LogP contribution in [0.5, 0.6) is 0 Å². The number of unbranched alkanes of at least 4 members (excludes halogenated alkanes) is 20. The van der Waals surface area contributed by atoms with Crippen LogP contribution in [0.25, 0.3) is 0 Å². The first-order valence-electron chi connectivity index (χ1n) is 23.2. The Bertz CT molecular complexity index is 1250. The topological polar surface area (TPSA) is 237 Å². The second kappa shape index (κ2) is 39.4. The maximum Gasteiger partial charge on any atom is 0.472 e. The average Bonchev–Trinajstić information content (AvgIpc) is 3.22. The monoisotopic (exact) mass is 933 g/mol. The van der Waals surface area contributed by atoms with E-state index >= 15 is 0 Å². The zero-order chi connectivity index (χ0) is 46.3. The minimum atomic E-state index is -4.90. The lowest BCUT2D eigenvalue weighted by molar-refractivity contribution is -0.161. The highest BCUT2D eigenvalue weighted by molar-refractivity contribution is 7.47. The lowest BCUT2D eigenvalue weighted by Gasteiger charge is -2.21. The van der Waals surface area contributed by atoms with E-state index in [1.54, 1.807) is 0 Å². The van der Waals surface area contributed by atoms with Gasteiger partial charge in [-0.15, -0.1) is 0 Å². The van der Waals surface area contributed by atoms with Crippen molar-refractivity contribution in [3.05, 3.63) is 0 Å². The highest BCUT2D eigenvalue weighted by atomic mass is 31.2. The molecule has 0 amide bonds. The van der Waals surface area contributed by atoms with Gasteiger partial charge < -0.3 is 33.8 Å². The lowest BCUT2D eigenvalue weighted by Crippen LogP contribution is -2.30. The number of hydrogen-bond acceptors (Lipinski definition) is 15. The summed E-state index contributed by atoms with van der Waals surface area (Å²) in [6.45, 7) is 3.51. The quantitative estimate of drug-likeness (QED) is 0.0223. The third kappa shape index (κ3) is 39.6. The molecule has 0 bridgehead atoms. The number of aliphatic hydroxyl groups is 1. The van der Waals surface area contributed by atoms with Crippen LogP contribution in [0.2, 0.25) is 0 Å². The van der Waals surface area contributed by atoms with E-state index in [0.717, 1.165) is 90.4 Å². The summed E-state index contributed by atoms with van der Waals surface area (Å²) in [5.41, 5.74) is 0. The Hall–Kier alpha value is -1.94. The minimum Gasteiger partial charge on any atom is -0.462 e. The van der Waals surface area contributed by atoms with E-state index in [4.69, 9.17) is 37.0 Å². The van der Waals surface area contributed by atoms with Crippen molar-refractivity contribution in [1.82, 2.24) is 0 Å². The van der Waals surface area contributed by atoms with E-state index in [0.29, 0.717) is 19.3 Å². The van der Waals surface area contributed by atoms with E-state index in [1.807, 2.05) is 0 Å². The van der Waals surface area contributed by atoms with Gasteiger partial charge in [-0.05, 0) is 19.3 Å². The van der Waals surface area contributed by atoms with E-state index < -0.39 is 97.5 Å². The molecule has 0 aliphatic heterocycles.